The van der Waals surface area contributed by atoms with Gasteiger partial charge >= 0.3 is 11.9 Å². The second-order valence-corrected chi connectivity index (χ2v) is 26.9. The highest BCUT2D eigenvalue weighted by Gasteiger charge is 2.67. The molecule has 0 bridgehead atoms. The third kappa shape index (κ3) is 18.5. The van der Waals surface area contributed by atoms with Gasteiger partial charge in [0, 0.05) is 13.8 Å². The predicted octanol–water partition coefficient (Wildman–Crippen LogP) is -21.8. The maximum atomic E-state index is 12.6. The van der Waals surface area contributed by atoms with Gasteiger partial charge in [-0.1, -0.05) is 0 Å². The van der Waals surface area contributed by atoms with Crippen molar-refractivity contribution in [2.75, 3.05) is 52.9 Å². The lowest BCUT2D eigenvalue weighted by Crippen LogP contribution is -2.75. The predicted molar refractivity (Wildman–Crippen MR) is 325 cm³/mol. The van der Waals surface area contributed by atoms with Gasteiger partial charge in [0.2, 0.25) is 11.8 Å². The molecule has 8 saturated heterocycles. The second-order valence-electron chi connectivity index (χ2n) is 26.9. The minimum atomic E-state index is -3.82. The molecule has 109 heavy (non-hydrogen) atoms. The number of amides is 2. The molecular weight excluding hydrogens is 1510 g/mol. The van der Waals surface area contributed by atoms with Crippen molar-refractivity contribution in [2.24, 2.45) is 0 Å². The van der Waals surface area contributed by atoms with E-state index in [1.54, 1.807) is 0 Å². The van der Waals surface area contributed by atoms with Gasteiger partial charge in [0.25, 0.3) is 11.6 Å². The first-order chi connectivity index (χ1) is 51.2. The summed E-state index contributed by atoms with van der Waals surface area (Å²) in [5, 5.41) is 331. The maximum Gasteiger partial charge on any atom is 0.367 e. The van der Waals surface area contributed by atoms with Crippen molar-refractivity contribution in [3.05, 3.63) is 0 Å². The zero-order chi connectivity index (χ0) is 81.2. The third-order valence-corrected chi connectivity index (χ3v) is 19.6. The fraction of sp³-hybridized carbons (Fsp3) is 0.931. The molecule has 8 aliphatic rings. The Morgan fingerprint density at radius 3 is 0.798 bits per heavy atom. The van der Waals surface area contributed by atoms with Crippen LogP contribution in [0.1, 0.15) is 13.8 Å². The van der Waals surface area contributed by atoms with Gasteiger partial charge in [-0.15, -0.1) is 0 Å². The molecule has 0 aromatic carbocycles. The molecule has 8 rings (SSSR count). The van der Waals surface area contributed by atoms with Gasteiger partial charge in [-0.2, -0.15) is 0 Å². The van der Waals surface area contributed by atoms with Crippen LogP contribution >= 0.6 is 0 Å². The summed E-state index contributed by atoms with van der Waals surface area (Å²) in [5.41, 5.74) is 0. The van der Waals surface area contributed by atoms with Crippen molar-refractivity contribution in [1.82, 2.24) is 10.6 Å². The Morgan fingerprint density at radius 2 is 0.569 bits per heavy atom. The number of aliphatic carboxylic acids is 2. The van der Waals surface area contributed by atoms with Gasteiger partial charge in [0.1, 0.15) is 195 Å². The fourth-order valence-corrected chi connectivity index (χ4v) is 13.7. The van der Waals surface area contributed by atoms with Crippen molar-refractivity contribution in [2.45, 2.75) is 283 Å². The largest absolute Gasteiger partial charge is 0.477 e. The van der Waals surface area contributed by atoms with Gasteiger partial charge in [-0.05, 0) is 0 Å². The third-order valence-electron chi connectivity index (χ3n) is 19.6. The minimum Gasteiger partial charge on any atom is -0.477 e. The van der Waals surface area contributed by atoms with Gasteiger partial charge in [0.15, 0.2) is 49.9 Å². The number of hydrogen-bond acceptors (Lipinski definition) is 47. The van der Waals surface area contributed by atoms with E-state index in [0.29, 0.717) is 0 Å². The highest BCUT2D eigenvalue weighted by molar-refractivity contribution is 5.78. The van der Waals surface area contributed by atoms with E-state index in [-0.39, 0.29) is 0 Å². The van der Waals surface area contributed by atoms with Crippen LogP contribution in [0.4, 0.5) is 0 Å². The number of nitrogens with one attached hydrogen (secondary N) is 2. The lowest BCUT2D eigenvalue weighted by molar-refractivity contribution is -0.407. The molecule has 44 atom stereocenters. The molecule has 8 fully saturated rings. The Labute approximate surface area is 612 Å². The molecule has 0 aliphatic carbocycles. The van der Waals surface area contributed by atoms with E-state index in [0.717, 1.165) is 13.8 Å². The molecule has 632 valence electrons. The smallest absolute Gasteiger partial charge is 0.367 e. The van der Waals surface area contributed by atoms with Crippen molar-refractivity contribution in [3.63, 3.8) is 0 Å². The zero-order valence-corrected chi connectivity index (χ0v) is 57.1. The molecule has 0 unspecified atom stereocenters. The Hall–Kier alpha value is -3.84. The number of carboxylic acids is 2. The summed E-state index contributed by atoms with van der Waals surface area (Å²) in [4.78, 5) is 49.7. The van der Waals surface area contributed by atoms with Crippen LogP contribution in [-0.2, 0) is 90.2 Å². The number of aliphatic hydroxyl groups excluding tert-OH is 26. The van der Waals surface area contributed by atoms with Crippen molar-refractivity contribution < 1.29 is 243 Å². The lowest BCUT2D eigenvalue weighted by Gasteiger charge is -2.51. The van der Waals surface area contributed by atoms with Gasteiger partial charge < -0.3 is 235 Å². The molecule has 51 nitrogen and oxygen atoms in total. The molecule has 0 saturated carbocycles. The Bertz CT molecular complexity index is 2920. The van der Waals surface area contributed by atoms with E-state index in [2.05, 4.69) is 10.6 Å². The average molecular weight is 1610 g/mol. The number of rotatable bonds is 30. The Morgan fingerprint density at radius 1 is 0.330 bits per heavy atom. The minimum absolute atomic E-state index is 0.875. The summed E-state index contributed by atoms with van der Waals surface area (Å²) in [6, 6.07) is -4.04. The van der Waals surface area contributed by atoms with E-state index in [1.807, 2.05) is 0 Å². The second kappa shape index (κ2) is 37.8. The standard InChI is InChI=1S/C58H96N2O49/c1-11(69)59-21-27(77)47(57(93,55(89)90)108-43(21)23(73)13(71)3-61)101-45-25(75)15(5-63)95-53(37(45)87)105-41-18(8-66)98-50(34(84)30(41)80)103-39-17(7-65)97-49(33(83)29(39)79)104-40-19(9-67)99-51(35(85)31(40)81)107-52-36(86)32(82)42(20(10-68)100-52)106-54-38(88)46(26(76)16(6-64)96-54)102-48-28(78)22(60-12(2)70)44(24(74)14(72)4-62)109-58(48,94)56(91)92/h13-54,61-68,71-88,93-94H,3-10H2,1-2H3,(H,59,69)(H,60,70)(H,89,90)(H,91,92)/t13-,14-,15-,16-,17-,18-,19-,20-,21-,22-,23-,24-,25+,26+,27-,28-,29-,30-,31-,32-,33-,34-,35-,36-,37-,38-,39+,40-,41+,42+,43-,44-,45+,46+,47-,48-,49+,50+,51-,52+,53+,54+,57+,58+/m1/s1. The summed E-state index contributed by atoms with van der Waals surface area (Å²) in [7, 11) is 0. The summed E-state index contributed by atoms with van der Waals surface area (Å²) < 4.78 is 83.5. The normalized spacial score (nSPS) is 48.3. The number of aliphatic hydroxyl groups is 28. The molecule has 0 radical (unpaired) electrons. The maximum absolute atomic E-state index is 12.6. The number of carbonyl (C=O) groups is 4. The van der Waals surface area contributed by atoms with Gasteiger partial charge in [0.05, 0.1) is 64.9 Å². The first kappa shape index (κ1) is 90.7. The molecule has 2 amide bonds. The van der Waals surface area contributed by atoms with Crippen LogP contribution in [0.25, 0.3) is 0 Å². The quantitative estimate of drug-likeness (QED) is 0.0318. The van der Waals surface area contributed by atoms with E-state index in [9.17, 15) is 172 Å². The summed E-state index contributed by atoms with van der Waals surface area (Å²) >= 11 is 0. The van der Waals surface area contributed by atoms with Crippen molar-refractivity contribution in [3.8, 4) is 0 Å². The van der Waals surface area contributed by atoms with Crippen LogP contribution in [0.15, 0.2) is 0 Å². The fourth-order valence-electron chi connectivity index (χ4n) is 13.7. The first-order valence-electron chi connectivity index (χ1n) is 33.7. The molecule has 0 aromatic rings. The van der Waals surface area contributed by atoms with E-state index >= 15 is 0 Å². The van der Waals surface area contributed by atoms with E-state index < -0.39 is 346 Å². The van der Waals surface area contributed by atoms with Gasteiger partial charge in [-0.25, -0.2) is 9.59 Å². The number of hydrogen-bond donors (Lipinski definition) is 32. The molecule has 51 heteroatoms. The van der Waals surface area contributed by atoms with E-state index in [1.165, 1.54) is 0 Å². The molecule has 8 aliphatic heterocycles. The van der Waals surface area contributed by atoms with Crippen molar-refractivity contribution in [1.29, 1.82) is 0 Å². The van der Waals surface area contributed by atoms with Crippen LogP contribution < -0.4 is 10.6 Å². The molecular formula is C58H96N2O49. The van der Waals surface area contributed by atoms with Crippen molar-refractivity contribution >= 4 is 23.8 Å². The van der Waals surface area contributed by atoms with Crippen LogP contribution in [0.2, 0.25) is 0 Å². The highest BCUT2D eigenvalue weighted by atomic mass is 16.8. The van der Waals surface area contributed by atoms with Gasteiger partial charge in [-0.3, -0.25) is 9.59 Å². The van der Waals surface area contributed by atoms with Crippen LogP contribution in [0.3, 0.4) is 0 Å². The monoisotopic (exact) mass is 1600 g/mol. The molecule has 0 spiro atoms. The number of carboxylic acid groups (broad SMARTS) is 2. The SMILES string of the molecule is CC(=O)N[C@@H]1[C@@H](O)[C@@H](O[C@H]2[C@@H](O)[C@@H](CO)O[C@@H](O[C@@H]3[C@H](O)[C@@H](O)[C@H](O[C@H]4O[C@H](CO)[C@@H](O[C@@H]5O[C@H](CO)[C@H](O[C@@H]6O[C@H](CO)[C@H](O[C@@H]7O[C@H](CO)[C@H](O)[C@H](O[C@@H]8[C@H](O)[C@@H](NC(C)=O)[C@H]([C@H](O)[C@H](O)CO)O[C@]8(O)C(=O)O)[C@H]7O)[C@H](O)[C@H]6O)[C@H](O)[C@H]5O)[C@H](O)[C@H]4O)O[C@@H]3CO)[C@@H]2O)[C@@](O)(C(=O)O)O[C@H]1[C@H](O)[C@H](O)CO. The number of carbonyl (C=O) groups excluding carboxylic acids is 2. The number of ether oxygens (including phenoxy) is 15. The first-order valence-corrected chi connectivity index (χ1v) is 33.7. The molecule has 0 aromatic heterocycles. The van der Waals surface area contributed by atoms with Crippen LogP contribution in [0.5, 0.6) is 0 Å². The van der Waals surface area contributed by atoms with E-state index in [4.69, 9.17) is 71.1 Å². The zero-order valence-electron chi connectivity index (χ0n) is 57.1. The summed E-state index contributed by atoms with van der Waals surface area (Å²) in [5.74, 6) is -14.4. The summed E-state index contributed by atoms with van der Waals surface area (Å²) in [6.45, 7) is -7.86. The Balaban J connectivity index is 0.896. The lowest BCUT2D eigenvalue weighted by atomic mass is 9.86. The van der Waals surface area contributed by atoms with Crippen LogP contribution in [0, 0.1) is 0 Å². The Kier molecular flexibility index (Phi) is 31.5. The molecule has 32 N–H and O–H groups in total. The van der Waals surface area contributed by atoms with Crippen LogP contribution in [-0.4, -0.2) is 499 Å². The highest BCUT2D eigenvalue weighted by Crippen LogP contribution is 2.42. The average Bonchev–Trinajstić information content (AvgIpc) is 0.746. The molecule has 8 heterocycles. The summed E-state index contributed by atoms with van der Waals surface area (Å²) in [6.07, 6.45) is -90.8. The topological polar surface area (TPSA) is 838 Å².